The van der Waals surface area contributed by atoms with Crippen LogP contribution in [-0.2, 0) is 17.7 Å². The molecule has 4 nitrogen and oxygen atoms in total. The molecule has 1 aliphatic carbocycles. The monoisotopic (exact) mass is 402 g/mol. The number of aryl methyl sites for hydroxylation is 1. The summed E-state index contributed by atoms with van der Waals surface area (Å²) in [5.74, 6) is -0.304. The second kappa shape index (κ2) is 7.17. The summed E-state index contributed by atoms with van der Waals surface area (Å²) in [5, 5.41) is 0. The van der Waals surface area contributed by atoms with E-state index < -0.39 is 6.09 Å². The number of nitrogens with two attached hydrogens (primary N) is 1. The van der Waals surface area contributed by atoms with E-state index >= 15 is 0 Å². The first kappa shape index (κ1) is 18.7. The van der Waals surface area contributed by atoms with E-state index in [-0.39, 0.29) is 24.9 Å². The molecular weight excluding hydrogens is 379 g/mol. The van der Waals surface area contributed by atoms with Gasteiger partial charge < -0.3 is 15.4 Å². The van der Waals surface area contributed by atoms with E-state index in [0.29, 0.717) is 24.2 Å². The molecule has 3 aromatic rings. The molecule has 1 heterocycles. The predicted octanol–water partition coefficient (Wildman–Crippen LogP) is 5.02. The Balaban J connectivity index is 1.34. The number of nitrogens with zero attached hydrogens (tertiary/aromatic N) is 1. The van der Waals surface area contributed by atoms with Crippen molar-refractivity contribution in [3.63, 3.8) is 0 Å². The summed E-state index contributed by atoms with van der Waals surface area (Å²) in [6, 6.07) is 17.9. The molecule has 0 unspecified atom stereocenters. The van der Waals surface area contributed by atoms with Crippen LogP contribution in [0.25, 0.3) is 11.1 Å². The summed E-state index contributed by atoms with van der Waals surface area (Å²) in [4.78, 5) is 14.4. The Kier molecular flexibility index (Phi) is 4.46. The zero-order valence-electron chi connectivity index (χ0n) is 16.8. The first-order chi connectivity index (χ1) is 14.5. The van der Waals surface area contributed by atoms with Crippen LogP contribution in [0.1, 0.15) is 33.7 Å². The normalized spacial score (nSPS) is 14.8. The third-order valence-electron chi connectivity index (χ3n) is 6.32. The molecule has 0 saturated carbocycles. The summed E-state index contributed by atoms with van der Waals surface area (Å²) < 4.78 is 20.2. The van der Waals surface area contributed by atoms with E-state index in [1.54, 1.807) is 11.8 Å². The Morgan fingerprint density at radius 2 is 1.73 bits per heavy atom. The molecule has 5 heteroatoms. The summed E-state index contributed by atoms with van der Waals surface area (Å²) in [5.41, 5.74) is 13.5. The van der Waals surface area contributed by atoms with Gasteiger partial charge in [-0.05, 0) is 52.8 Å². The first-order valence-electron chi connectivity index (χ1n) is 10.2. The van der Waals surface area contributed by atoms with Crippen molar-refractivity contribution < 1.29 is 13.9 Å². The van der Waals surface area contributed by atoms with E-state index in [2.05, 4.69) is 24.3 Å². The van der Waals surface area contributed by atoms with E-state index in [9.17, 15) is 9.18 Å². The van der Waals surface area contributed by atoms with Crippen molar-refractivity contribution in [2.24, 2.45) is 0 Å². The molecule has 2 aliphatic rings. The molecule has 152 valence electrons. The summed E-state index contributed by atoms with van der Waals surface area (Å²) in [6.45, 7) is 2.71. The first-order valence-corrected chi connectivity index (χ1v) is 10.2. The van der Waals surface area contributed by atoms with Crippen molar-refractivity contribution in [3.05, 3.63) is 88.2 Å². The molecule has 3 aromatic carbocycles. The molecule has 0 saturated heterocycles. The maximum absolute atomic E-state index is 14.5. The summed E-state index contributed by atoms with van der Waals surface area (Å²) in [6.07, 6.45) is 0.116. The molecule has 0 spiro atoms. The number of hydrogen-bond acceptors (Lipinski definition) is 3. The van der Waals surface area contributed by atoms with Gasteiger partial charge in [0.25, 0.3) is 0 Å². The van der Waals surface area contributed by atoms with Gasteiger partial charge in [0.2, 0.25) is 0 Å². The van der Waals surface area contributed by atoms with Gasteiger partial charge in [-0.3, -0.25) is 0 Å². The minimum Gasteiger partial charge on any atom is -0.448 e. The van der Waals surface area contributed by atoms with Gasteiger partial charge >= 0.3 is 6.09 Å². The van der Waals surface area contributed by atoms with Gasteiger partial charge in [-0.1, -0.05) is 48.5 Å². The number of hydrogen-bond donors (Lipinski definition) is 1. The van der Waals surface area contributed by atoms with Crippen molar-refractivity contribution >= 4 is 11.8 Å². The number of anilines is 1. The molecule has 30 heavy (non-hydrogen) atoms. The number of benzene rings is 3. The fourth-order valence-electron chi connectivity index (χ4n) is 4.71. The number of nitrogen functional groups attached to an aromatic ring is 1. The Labute approximate surface area is 175 Å². The molecule has 1 amide bonds. The van der Waals surface area contributed by atoms with Crippen LogP contribution in [0.15, 0.2) is 54.6 Å². The summed E-state index contributed by atoms with van der Waals surface area (Å²) >= 11 is 0. The third-order valence-corrected chi connectivity index (χ3v) is 6.32. The van der Waals surface area contributed by atoms with Gasteiger partial charge in [0.05, 0.1) is 6.54 Å². The highest BCUT2D eigenvalue weighted by Crippen LogP contribution is 2.44. The van der Waals surface area contributed by atoms with Crippen LogP contribution in [0, 0.1) is 12.7 Å². The average Bonchev–Trinajstić information content (AvgIpc) is 3.09. The number of ether oxygens (including phenoxy) is 1. The van der Waals surface area contributed by atoms with Crippen LogP contribution in [0.2, 0.25) is 0 Å². The molecule has 0 atom stereocenters. The number of rotatable bonds is 2. The number of halogens is 1. The van der Waals surface area contributed by atoms with Crippen molar-refractivity contribution in [1.82, 2.24) is 4.90 Å². The third kappa shape index (κ3) is 2.93. The van der Waals surface area contributed by atoms with E-state index in [0.717, 1.165) is 11.1 Å². The zero-order valence-corrected chi connectivity index (χ0v) is 16.8. The Morgan fingerprint density at radius 1 is 1.10 bits per heavy atom. The Bertz CT molecular complexity index is 1110. The van der Waals surface area contributed by atoms with Gasteiger partial charge in [0.15, 0.2) is 0 Å². The minimum atomic E-state index is -0.416. The lowest BCUT2D eigenvalue weighted by Crippen LogP contribution is -2.37. The maximum Gasteiger partial charge on any atom is 0.410 e. The lowest BCUT2D eigenvalue weighted by Gasteiger charge is -2.30. The van der Waals surface area contributed by atoms with Gasteiger partial charge in [0.1, 0.15) is 12.4 Å². The van der Waals surface area contributed by atoms with Crippen molar-refractivity contribution in [2.75, 3.05) is 18.9 Å². The lowest BCUT2D eigenvalue weighted by atomic mass is 9.95. The Hall–Kier alpha value is -3.34. The molecule has 1 aliphatic heterocycles. The Morgan fingerprint density at radius 3 is 2.40 bits per heavy atom. The number of fused-ring (bicyclic) bond motifs is 4. The largest absolute Gasteiger partial charge is 0.448 e. The molecule has 0 radical (unpaired) electrons. The second-order valence-electron chi connectivity index (χ2n) is 8.02. The highest BCUT2D eigenvalue weighted by atomic mass is 19.1. The van der Waals surface area contributed by atoms with Crippen LogP contribution in [0.5, 0.6) is 0 Å². The molecule has 5 rings (SSSR count). The number of carbonyl (C=O) groups excluding carboxylic acids is 1. The summed E-state index contributed by atoms with van der Waals surface area (Å²) in [7, 11) is 0. The zero-order chi connectivity index (χ0) is 20.8. The SMILES string of the molecule is Cc1cc(F)c2c(c1N)CCN(C(=O)OCC1c3ccccc3-c3ccccc31)C2. The fourth-order valence-corrected chi connectivity index (χ4v) is 4.71. The van der Waals surface area contributed by atoms with Crippen LogP contribution in [-0.4, -0.2) is 24.1 Å². The van der Waals surface area contributed by atoms with Crippen LogP contribution >= 0.6 is 0 Å². The van der Waals surface area contributed by atoms with E-state index in [4.69, 9.17) is 10.5 Å². The predicted molar refractivity (Wildman–Crippen MR) is 115 cm³/mol. The maximum atomic E-state index is 14.5. The van der Waals surface area contributed by atoms with Crippen molar-refractivity contribution in [1.29, 1.82) is 0 Å². The number of amides is 1. The van der Waals surface area contributed by atoms with Gasteiger partial charge in [-0.15, -0.1) is 0 Å². The molecule has 0 fully saturated rings. The fraction of sp³-hybridized carbons (Fsp3) is 0.240. The van der Waals surface area contributed by atoms with Crippen molar-refractivity contribution in [3.8, 4) is 11.1 Å². The topological polar surface area (TPSA) is 55.6 Å². The van der Waals surface area contributed by atoms with E-state index in [1.807, 2.05) is 24.3 Å². The molecule has 0 bridgehead atoms. The highest BCUT2D eigenvalue weighted by molar-refractivity contribution is 5.79. The molecule has 2 N–H and O–H groups in total. The van der Waals surface area contributed by atoms with Crippen LogP contribution in [0.3, 0.4) is 0 Å². The molecule has 0 aromatic heterocycles. The van der Waals surface area contributed by atoms with Gasteiger partial charge in [-0.2, -0.15) is 0 Å². The molecular formula is C25H23FN2O2. The van der Waals surface area contributed by atoms with Crippen LogP contribution < -0.4 is 5.73 Å². The van der Waals surface area contributed by atoms with E-state index in [1.165, 1.54) is 28.3 Å². The quantitative estimate of drug-likeness (QED) is 0.612. The smallest absolute Gasteiger partial charge is 0.410 e. The minimum absolute atomic E-state index is 0.00783. The lowest BCUT2D eigenvalue weighted by molar-refractivity contribution is 0.0949. The van der Waals surface area contributed by atoms with Gasteiger partial charge in [-0.25, -0.2) is 9.18 Å². The van der Waals surface area contributed by atoms with Gasteiger partial charge in [0, 0.05) is 23.7 Å². The average molecular weight is 402 g/mol. The van der Waals surface area contributed by atoms with Crippen LogP contribution in [0.4, 0.5) is 14.9 Å². The van der Waals surface area contributed by atoms with Crippen molar-refractivity contribution in [2.45, 2.75) is 25.8 Å². The standard InChI is InChI=1S/C25H23FN2O2/c1-15-12-23(26)21-13-28(11-10-20(21)24(15)27)25(29)30-14-22-18-8-4-2-6-16(18)17-7-3-5-9-19(17)22/h2-9,12,22H,10-11,13-14,27H2,1H3. The number of carbonyl (C=O) groups is 1. The second-order valence-corrected chi connectivity index (χ2v) is 8.02. The highest BCUT2D eigenvalue weighted by Gasteiger charge is 2.31.